The molecule has 2 rings (SSSR count). The fraction of sp³-hybridized carbons (Fsp3) is 0.583. The van der Waals surface area contributed by atoms with E-state index in [0.717, 1.165) is 37.5 Å². The molecular formula is C12H18N4O2S. The zero-order valence-electron chi connectivity index (χ0n) is 11.1. The van der Waals surface area contributed by atoms with E-state index in [1.54, 1.807) is 4.90 Å². The first kappa shape index (κ1) is 13.8. The van der Waals surface area contributed by atoms with E-state index in [9.17, 15) is 9.59 Å². The average Bonchev–Trinajstić information content (AvgIpc) is 2.79. The number of anilines is 1. The van der Waals surface area contributed by atoms with Gasteiger partial charge in [-0.05, 0) is 30.3 Å². The number of aromatic nitrogens is 1. The molecule has 1 fully saturated rings. The molecule has 1 unspecified atom stereocenters. The summed E-state index contributed by atoms with van der Waals surface area (Å²) in [7, 11) is 1.51. The van der Waals surface area contributed by atoms with Gasteiger partial charge in [0.1, 0.15) is 4.88 Å². The lowest BCUT2D eigenvalue weighted by molar-refractivity contribution is 0.0689. The molecule has 2 amide bonds. The second-order valence-corrected chi connectivity index (χ2v) is 5.63. The molecule has 0 saturated carbocycles. The monoisotopic (exact) mass is 282 g/mol. The molecular weight excluding hydrogens is 264 g/mol. The second-order valence-electron chi connectivity index (χ2n) is 4.85. The van der Waals surface area contributed by atoms with E-state index in [1.807, 2.05) is 0 Å². The fourth-order valence-corrected chi connectivity index (χ4v) is 3.02. The molecule has 1 aliphatic rings. The van der Waals surface area contributed by atoms with E-state index >= 15 is 0 Å². The number of carbonyl (C=O) groups is 2. The van der Waals surface area contributed by atoms with Crippen LogP contribution in [-0.2, 0) is 0 Å². The van der Waals surface area contributed by atoms with Gasteiger partial charge in [-0.3, -0.25) is 9.59 Å². The highest BCUT2D eigenvalue weighted by molar-refractivity contribution is 7.09. The topological polar surface area (TPSA) is 88.3 Å². The SMILES string of the molecule is CNC(=O)c1nsc(C(=O)N2CCCC(C)C2)c1N. The summed E-state index contributed by atoms with van der Waals surface area (Å²) in [6, 6.07) is 0. The predicted octanol–water partition coefficient (Wildman–Crippen LogP) is 0.957. The summed E-state index contributed by atoms with van der Waals surface area (Å²) in [4.78, 5) is 26.1. The number of likely N-dealkylation sites (tertiary alicyclic amines) is 1. The normalized spacial score (nSPS) is 19.3. The Morgan fingerprint density at radius 1 is 1.53 bits per heavy atom. The Balaban J connectivity index is 2.20. The largest absolute Gasteiger partial charge is 0.395 e. The van der Waals surface area contributed by atoms with Crippen molar-refractivity contribution >= 4 is 29.0 Å². The number of carbonyl (C=O) groups excluding carboxylic acids is 2. The first-order valence-corrected chi connectivity index (χ1v) is 7.08. The Kier molecular flexibility index (Phi) is 4.04. The van der Waals surface area contributed by atoms with Crippen LogP contribution < -0.4 is 11.1 Å². The molecule has 0 bridgehead atoms. The molecule has 7 heteroatoms. The van der Waals surface area contributed by atoms with Gasteiger partial charge in [-0.1, -0.05) is 6.92 Å². The van der Waals surface area contributed by atoms with Gasteiger partial charge in [0.2, 0.25) is 0 Å². The third-order valence-electron chi connectivity index (χ3n) is 3.31. The highest BCUT2D eigenvalue weighted by Gasteiger charge is 2.27. The summed E-state index contributed by atoms with van der Waals surface area (Å²) in [6.07, 6.45) is 2.15. The first-order valence-electron chi connectivity index (χ1n) is 6.31. The zero-order valence-corrected chi connectivity index (χ0v) is 11.9. The molecule has 104 valence electrons. The minimum absolute atomic E-state index is 0.114. The summed E-state index contributed by atoms with van der Waals surface area (Å²) in [5.74, 6) is 0.0294. The van der Waals surface area contributed by atoms with Gasteiger partial charge in [0.25, 0.3) is 11.8 Å². The van der Waals surface area contributed by atoms with Crippen molar-refractivity contribution in [1.29, 1.82) is 0 Å². The Hall–Kier alpha value is -1.63. The van der Waals surface area contributed by atoms with Gasteiger partial charge in [0, 0.05) is 20.1 Å². The maximum atomic E-state index is 12.4. The van der Waals surface area contributed by atoms with Crippen molar-refractivity contribution in [2.75, 3.05) is 25.9 Å². The van der Waals surface area contributed by atoms with Gasteiger partial charge >= 0.3 is 0 Å². The fourth-order valence-electron chi connectivity index (χ4n) is 2.25. The van der Waals surface area contributed by atoms with Crippen molar-refractivity contribution in [3.8, 4) is 0 Å². The predicted molar refractivity (Wildman–Crippen MR) is 74.2 cm³/mol. The highest BCUT2D eigenvalue weighted by atomic mass is 32.1. The minimum atomic E-state index is -0.361. The van der Waals surface area contributed by atoms with Crippen LogP contribution in [0.2, 0.25) is 0 Å². The van der Waals surface area contributed by atoms with E-state index in [1.165, 1.54) is 7.05 Å². The Bertz CT molecular complexity index is 500. The van der Waals surface area contributed by atoms with Crippen molar-refractivity contribution in [3.05, 3.63) is 10.6 Å². The number of piperidine rings is 1. The second kappa shape index (κ2) is 5.56. The smallest absolute Gasteiger partial charge is 0.272 e. The maximum Gasteiger partial charge on any atom is 0.272 e. The molecule has 2 heterocycles. The van der Waals surface area contributed by atoms with E-state index in [4.69, 9.17) is 5.73 Å². The van der Waals surface area contributed by atoms with Crippen LogP contribution in [0, 0.1) is 5.92 Å². The number of nitrogens with zero attached hydrogens (tertiary/aromatic N) is 2. The van der Waals surface area contributed by atoms with Crippen molar-refractivity contribution in [3.63, 3.8) is 0 Å². The number of nitrogens with one attached hydrogen (secondary N) is 1. The molecule has 0 radical (unpaired) electrons. The van der Waals surface area contributed by atoms with Crippen LogP contribution in [0.5, 0.6) is 0 Å². The van der Waals surface area contributed by atoms with E-state index in [-0.39, 0.29) is 23.2 Å². The lowest BCUT2D eigenvalue weighted by atomic mass is 10.0. The van der Waals surface area contributed by atoms with Crippen LogP contribution in [0.1, 0.15) is 39.9 Å². The molecule has 0 aliphatic carbocycles. The molecule has 1 aromatic heterocycles. The van der Waals surface area contributed by atoms with Crippen LogP contribution >= 0.6 is 11.5 Å². The number of hydrogen-bond donors (Lipinski definition) is 2. The standard InChI is InChI=1S/C12H18N4O2S/c1-7-4-3-5-16(6-7)12(18)10-8(13)9(15-19-10)11(17)14-2/h7H,3-6,13H2,1-2H3,(H,14,17). The van der Waals surface area contributed by atoms with Crippen LogP contribution in [0.3, 0.4) is 0 Å². The molecule has 0 spiro atoms. The molecule has 1 saturated heterocycles. The molecule has 6 nitrogen and oxygen atoms in total. The van der Waals surface area contributed by atoms with Crippen LogP contribution in [-0.4, -0.2) is 41.2 Å². The van der Waals surface area contributed by atoms with Gasteiger partial charge < -0.3 is 16.0 Å². The number of rotatable bonds is 2. The van der Waals surface area contributed by atoms with Gasteiger partial charge in [-0.15, -0.1) is 0 Å². The number of nitrogens with two attached hydrogens (primary N) is 1. The third kappa shape index (κ3) is 2.70. The number of nitrogen functional groups attached to an aromatic ring is 1. The third-order valence-corrected chi connectivity index (χ3v) is 4.16. The summed E-state index contributed by atoms with van der Waals surface area (Å²) in [5, 5.41) is 2.46. The Morgan fingerprint density at radius 3 is 2.89 bits per heavy atom. The van der Waals surface area contributed by atoms with Crippen molar-refractivity contribution in [1.82, 2.24) is 14.6 Å². The number of amides is 2. The van der Waals surface area contributed by atoms with Crippen LogP contribution in [0.15, 0.2) is 0 Å². The summed E-state index contributed by atoms with van der Waals surface area (Å²) in [5.41, 5.74) is 6.19. The molecule has 19 heavy (non-hydrogen) atoms. The van der Waals surface area contributed by atoms with Crippen molar-refractivity contribution in [2.24, 2.45) is 5.92 Å². The van der Waals surface area contributed by atoms with E-state index in [0.29, 0.717) is 10.8 Å². The highest BCUT2D eigenvalue weighted by Crippen LogP contribution is 2.25. The molecule has 1 aromatic rings. The van der Waals surface area contributed by atoms with Crippen molar-refractivity contribution < 1.29 is 9.59 Å². The Labute approximate surface area is 116 Å². The summed E-state index contributed by atoms with van der Waals surface area (Å²) < 4.78 is 3.98. The quantitative estimate of drug-likeness (QED) is 0.845. The van der Waals surface area contributed by atoms with Gasteiger partial charge in [-0.2, -0.15) is 4.37 Å². The lowest BCUT2D eigenvalue weighted by Gasteiger charge is -2.30. The van der Waals surface area contributed by atoms with Crippen LogP contribution in [0.25, 0.3) is 0 Å². The van der Waals surface area contributed by atoms with Gasteiger partial charge in [-0.25, -0.2) is 0 Å². The Morgan fingerprint density at radius 2 is 2.26 bits per heavy atom. The molecule has 3 N–H and O–H groups in total. The zero-order chi connectivity index (χ0) is 14.0. The summed E-state index contributed by atoms with van der Waals surface area (Å²) in [6.45, 7) is 3.62. The van der Waals surface area contributed by atoms with Gasteiger partial charge in [0.05, 0.1) is 5.69 Å². The van der Waals surface area contributed by atoms with Crippen molar-refractivity contribution in [2.45, 2.75) is 19.8 Å². The maximum absolute atomic E-state index is 12.4. The lowest BCUT2D eigenvalue weighted by Crippen LogP contribution is -2.39. The van der Waals surface area contributed by atoms with Crippen LogP contribution in [0.4, 0.5) is 5.69 Å². The molecule has 1 aliphatic heterocycles. The first-order chi connectivity index (χ1) is 9.04. The van der Waals surface area contributed by atoms with Gasteiger partial charge in [0.15, 0.2) is 5.69 Å². The average molecular weight is 282 g/mol. The summed E-state index contributed by atoms with van der Waals surface area (Å²) >= 11 is 0.996. The van der Waals surface area contributed by atoms with E-state index in [2.05, 4.69) is 16.6 Å². The number of hydrogen-bond acceptors (Lipinski definition) is 5. The minimum Gasteiger partial charge on any atom is -0.395 e. The van der Waals surface area contributed by atoms with E-state index < -0.39 is 0 Å². The molecule has 0 aromatic carbocycles. The molecule has 1 atom stereocenters.